The zero-order valence-electron chi connectivity index (χ0n) is 17.3. The number of aromatic nitrogens is 2. The minimum atomic E-state index is 0.684. The first-order chi connectivity index (χ1) is 16.2. The molecule has 0 spiro atoms. The van der Waals surface area contributed by atoms with E-state index in [1.807, 2.05) is 66.7 Å². The predicted molar refractivity (Wildman–Crippen MR) is 141 cm³/mol. The third kappa shape index (κ3) is 3.77. The van der Waals surface area contributed by atoms with Crippen LogP contribution in [0.25, 0.3) is 55.8 Å². The molecule has 2 heterocycles. The van der Waals surface area contributed by atoms with Gasteiger partial charge in [-0.05, 0) is 36.4 Å². The SMILES string of the molecule is Brc1cc(Br)cc(-c2cc(-c3cccc4oc5ccccc5c34)nc(-c3ccccc3)n2)c1. The molecule has 0 aliphatic heterocycles. The second kappa shape index (κ2) is 8.25. The fraction of sp³-hybridized carbons (Fsp3) is 0. The Labute approximate surface area is 207 Å². The number of hydrogen-bond acceptors (Lipinski definition) is 3. The molecule has 4 aromatic carbocycles. The van der Waals surface area contributed by atoms with Gasteiger partial charge in [-0.3, -0.25) is 0 Å². The van der Waals surface area contributed by atoms with Crippen LogP contribution in [0, 0.1) is 0 Å². The first kappa shape index (κ1) is 20.3. The fourth-order valence-electron chi connectivity index (χ4n) is 4.14. The maximum atomic E-state index is 6.12. The number of halogens is 2. The van der Waals surface area contributed by atoms with Gasteiger partial charge in [0.25, 0.3) is 0 Å². The molecule has 2 aromatic heterocycles. The third-order valence-electron chi connectivity index (χ3n) is 5.59. The highest BCUT2D eigenvalue weighted by Crippen LogP contribution is 2.38. The Morgan fingerprint density at radius 3 is 2.09 bits per heavy atom. The molecule has 0 amide bonds. The van der Waals surface area contributed by atoms with Crippen molar-refractivity contribution in [3.63, 3.8) is 0 Å². The van der Waals surface area contributed by atoms with Crippen molar-refractivity contribution < 1.29 is 4.42 Å². The third-order valence-corrected chi connectivity index (χ3v) is 6.51. The van der Waals surface area contributed by atoms with Crippen molar-refractivity contribution in [3.8, 4) is 33.9 Å². The number of furan rings is 1. The van der Waals surface area contributed by atoms with E-state index in [0.717, 1.165) is 59.0 Å². The molecule has 158 valence electrons. The van der Waals surface area contributed by atoms with Crippen molar-refractivity contribution in [2.75, 3.05) is 0 Å². The number of fused-ring (bicyclic) bond motifs is 3. The van der Waals surface area contributed by atoms with Crippen molar-refractivity contribution in [2.45, 2.75) is 0 Å². The van der Waals surface area contributed by atoms with Crippen molar-refractivity contribution in [1.82, 2.24) is 9.97 Å². The normalized spacial score (nSPS) is 11.3. The predicted octanol–water partition coefficient (Wildman–Crippen LogP) is 8.90. The maximum absolute atomic E-state index is 6.12. The highest BCUT2D eigenvalue weighted by atomic mass is 79.9. The van der Waals surface area contributed by atoms with Crippen LogP contribution in [0.5, 0.6) is 0 Å². The van der Waals surface area contributed by atoms with Gasteiger partial charge < -0.3 is 4.42 Å². The van der Waals surface area contributed by atoms with E-state index >= 15 is 0 Å². The van der Waals surface area contributed by atoms with Crippen LogP contribution in [0.4, 0.5) is 0 Å². The molecule has 0 saturated carbocycles. The minimum absolute atomic E-state index is 0.684. The molecule has 0 N–H and O–H groups in total. The summed E-state index contributed by atoms with van der Waals surface area (Å²) in [6.45, 7) is 0. The number of hydrogen-bond donors (Lipinski definition) is 0. The van der Waals surface area contributed by atoms with Crippen LogP contribution in [0.15, 0.2) is 110 Å². The highest BCUT2D eigenvalue weighted by molar-refractivity contribution is 9.11. The fourth-order valence-corrected chi connectivity index (χ4v) is 5.43. The molecule has 0 saturated heterocycles. The van der Waals surface area contributed by atoms with E-state index in [-0.39, 0.29) is 0 Å². The van der Waals surface area contributed by atoms with Gasteiger partial charge in [-0.25, -0.2) is 9.97 Å². The Morgan fingerprint density at radius 2 is 1.27 bits per heavy atom. The summed E-state index contributed by atoms with van der Waals surface area (Å²) in [4.78, 5) is 9.94. The van der Waals surface area contributed by atoms with Crippen LogP contribution < -0.4 is 0 Å². The molecule has 0 aliphatic rings. The summed E-state index contributed by atoms with van der Waals surface area (Å²) in [5.41, 5.74) is 6.42. The molecule has 0 bridgehead atoms. The van der Waals surface area contributed by atoms with E-state index in [1.54, 1.807) is 0 Å². The lowest BCUT2D eigenvalue weighted by Crippen LogP contribution is -1.96. The van der Waals surface area contributed by atoms with Gasteiger partial charge in [0.15, 0.2) is 5.82 Å². The Hall–Kier alpha value is -3.28. The van der Waals surface area contributed by atoms with Gasteiger partial charge in [0, 0.05) is 36.4 Å². The lowest BCUT2D eigenvalue weighted by atomic mass is 10.0. The van der Waals surface area contributed by atoms with Gasteiger partial charge in [0.1, 0.15) is 11.2 Å². The van der Waals surface area contributed by atoms with Gasteiger partial charge in [0.05, 0.1) is 11.4 Å². The summed E-state index contributed by atoms with van der Waals surface area (Å²) in [5, 5.41) is 2.14. The number of rotatable bonds is 3. The lowest BCUT2D eigenvalue weighted by molar-refractivity contribution is 0.669. The van der Waals surface area contributed by atoms with Crippen molar-refractivity contribution in [1.29, 1.82) is 0 Å². The Balaban J connectivity index is 1.66. The van der Waals surface area contributed by atoms with E-state index in [1.165, 1.54) is 0 Å². The molecule has 5 heteroatoms. The van der Waals surface area contributed by atoms with E-state index in [4.69, 9.17) is 14.4 Å². The molecule has 6 rings (SSSR count). The zero-order chi connectivity index (χ0) is 22.4. The van der Waals surface area contributed by atoms with E-state index < -0.39 is 0 Å². The van der Waals surface area contributed by atoms with Gasteiger partial charge in [-0.2, -0.15) is 0 Å². The van der Waals surface area contributed by atoms with Crippen molar-refractivity contribution in [2.24, 2.45) is 0 Å². The largest absolute Gasteiger partial charge is 0.456 e. The summed E-state index contributed by atoms with van der Waals surface area (Å²) in [5.74, 6) is 0.684. The molecule has 0 fully saturated rings. The van der Waals surface area contributed by atoms with Crippen molar-refractivity contribution >= 4 is 53.8 Å². The zero-order valence-corrected chi connectivity index (χ0v) is 20.5. The van der Waals surface area contributed by atoms with Gasteiger partial charge in [0.2, 0.25) is 0 Å². The smallest absolute Gasteiger partial charge is 0.160 e. The van der Waals surface area contributed by atoms with E-state index in [9.17, 15) is 0 Å². The Morgan fingerprint density at radius 1 is 0.576 bits per heavy atom. The summed E-state index contributed by atoms with van der Waals surface area (Å²) >= 11 is 7.21. The maximum Gasteiger partial charge on any atom is 0.160 e. The summed E-state index contributed by atoms with van der Waals surface area (Å²) in [6.07, 6.45) is 0. The van der Waals surface area contributed by atoms with Crippen LogP contribution in [-0.4, -0.2) is 9.97 Å². The molecule has 0 atom stereocenters. The molecule has 3 nitrogen and oxygen atoms in total. The Bertz CT molecular complexity index is 1620. The topological polar surface area (TPSA) is 38.9 Å². The second-order valence-electron chi connectivity index (χ2n) is 7.76. The van der Waals surface area contributed by atoms with Crippen LogP contribution in [0.2, 0.25) is 0 Å². The van der Waals surface area contributed by atoms with E-state index in [2.05, 4.69) is 62.2 Å². The standard InChI is InChI=1S/C28H16Br2N2O/c29-19-13-18(14-20(30)15-19)23-16-24(32-28(31-23)17-7-2-1-3-8-17)21-10-6-12-26-27(21)22-9-4-5-11-25(22)33-26/h1-16H. The molecule has 0 unspecified atom stereocenters. The minimum Gasteiger partial charge on any atom is -0.456 e. The van der Waals surface area contributed by atoms with Gasteiger partial charge >= 0.3 is 0 Å². The average molecular weight is 556 g/mol. The molecule has 33 heavy (non-hydrogen) atoms. The summed E-state index contributed by atoms with van der Waals surface area (Å²) in [6, 6.07) is 32.5. The van der Waals surface area contributed by atoms with E-state index in [0.29, 0.717) is 5.82 Å². The number of nitrogens with zero attached hydrogens (tertiary/aromatic N) is 2. The number of para-hydroxylation sites is 1. The van der Waals surface area contributed by atoms with Crippen molar-refractivity contribution in [3.05, 3.63) is 106 Å². The number of benzene rings is 4. The van der Waals surface area contributed by atoms with Crippen LogP contribution in [-0.2, 0) is 0 Å². The molecule has 0 radical (unpaired) electrons. The molecule has 6 aromatic rings. The quantitative estimate of drug-likeness (QED) is 0.219. The van der Waals surface area contributed by atoms with Gasteiger partial charge in [-0.1, -0.05) is 92.5 Å². The first-order valence-corrected chi connectivity index (χ1v) is 12.1. The van der Waals surface area contributed by atoms with Gasteiger partial charge in [-0.15, -0.1) is 0 Å². The van der Waals surface area contributed by atoms with Crippen LogP contribution >= 0.6 is 31.9 Å². The molecular formula is C28H16Br2N2O. The first-order valence-electron chi connectivity index (χ1n) is 10.5. The van der Waals surface area contributed by atoms with Crippen LogP contribution in [0.1, 0.15) is 0 Å². The average Bonchev–Trinajstić information content (AvgIpc) is 3.22. The summed E-state index contributed by atoms with van der Waals surface area (Å²) in [7, 11) is 0. The van der Waals surface area contributed by atoms with Crippen LogP contribution in [0.3, 0.4) is 0 Å². The molecular weight excluding hydrogens is 540 g/mol. The highest BCUT2D eigenvalue weighted by Gasteiger charge is 2.16. The lowest BCUT2D eigenvalue weighted by Gasteiger charge is -2.11. The monoisotopic (exact) mass is 554 g/mol. The Kier molecular flexibility index (Phi) is 5.08. The second-order valence-corrected chi connectivity index (χ2v) is 9.59. The summed E-state index contributed by atoms with van der Waals surface area (Å²) < 4.78 is 8.09. The molecule has 0 aliphatic carbocycles.